The van der Waals surface area contributed by atoms with Crippen LogP contribution in [-0.4, -0.2) is 12.7 Å². The van der Waals surface area contributed by atoms with E-state index in [2.05, 4.69) is 112 Å². The van der Waals surface area contributed by atoms with Crippen LogP contribution in [0, 0.1) is 0 Å². The van der Waals surface area contributed by atoms with Gasteiger partial charge in [0.15, 0.2) is 0 Å². The van der Waals surface area contributed by atoms with E-state index >= 15 is 0 Å². The monoisotopic (exact) mass is 436 g/mol. The smallest absolute Gasteiger partial charge is 0.135 e. The lowest BCUT2D eigenvalue weighted by Crippen LogP contribution is -2.21. The van der Waals surface area contributed by atoms with Gasteiger partial charge < -0.3 is 9.47 Å². The highest BCUT2D eigenvalue weighted by atomic mass is 16.5. The van der Waals surface area contributed by atoms with Gasteiger partial charge in [0.1, 0.15) is 24.2 Å². The Morgan fingerprint density at radius 2 is 1.18 bits per heavy atom. The fourth-order valence-corrected chi connectivity index (χ4v) is 3.93. The molecule has 0 aliphatic carbocycles. The molecule has 0 heterocycles. The molecular formula is C31H32O2. The quantitative estimate of drug-likeness (QED) is 0.262. The predicted octanol–water partition coefficient (Wildman–Crippen LogP) is 8.38. The second-order valence-corrected chi connectivity index (χ2v) is 8.53. The third-order valence-corrected chi connectivity index (χ3v) is 6.05. The molecule has 0 bridgehead atoms. The maximum Gasteiger partial charge on any atom is 0.135 e. The Balaban J connectivity index is 1.56. The van der Waals surface area contributed by atoms with Crippen LogP contribution in [-0.2, 0) is 0 Å². The molecule has 4 aromatic rings. The van der Waals surface area contributed by atoms with Crippen LogP contribution in [0.2, 0.25) is 0 Å². The van der Waals surface area contributed by atoms with Gasteiger partial charge in [0.2, 0.25) is 0 Å². The summed E-state index contributed by atoms with van der Waals surface area (Å²) in [5.41, 5.74) is 5.79. The number of rotatable bonds is 9. The van der Waals surface area contributed by atoms with Crippen molar-refractivity contribution < 1.29 is 9.47 Å². The minimum absolute atomic E-state index is 0.119. The Bertz CT molecular complexity index is 1080. The molecule has 0 radical (unpaired) electrons. The van der Waals surface area contributed by atoms with Gasteiger partial charge in [0.05, 0.1) is 0 Å². The van der Waals surface area contributed by atoms with Crippen molar-refractivity contribution in [3.8, 4) is 33.8 Å². The molecule has 0 saturated heterocycles. The second kappa shape index (κ2) is 10.9. The maximum absolute atomic E-state index is 6.56. The Labute approximate surface area is 197 Å². The summed E-state index contributed by atoms with van der Waals surface area (Å²) in [5.74, 6) is 2.32. The van der Waals surface area contributed by atoms with Crippen LogP contribution in [0.15, 0.2) is 103 Å². The molecule has 2 unspecified atom stereocenters. The third kappa shape index (κ3) is 5.64. The van der Waals surface area contributed by atoms with Crippen molar-refractivity contribution in [2.75, 3.05) is 6.61 Å². The SMILES string of the molecule is CCC(C)c1ccc(OCC(C)Oc2c(-c3ccccc3)cccc2-c2ccccc2)cc1. The maximum atomic E-state index is 6.56. The summed E-state index contributed by atoms with van der Waals surface area (Å²) in [5, 5.41) is 0. The Kier molecular flexibility index (Phi) is 7.47. The number of hydrogen-bond acceptors (Lipinski definition) is 2. The minimum atomic E-state index is -0.119. The summed E-state index contributed by atoms with van der Waals surface area (Å²) in [6, 6.07) is 35.6. The van der Waals surface area contributed by atoms with Gasteiger partial charge in [-0.05, 0) is 48.1 Å². The van der Waals surface area contributed by atoms with E-state index < -0.39 is 0 Å². The molecule has 2 atom stereocenters. The standard InChI is InChI=1S/C31H32O2/c1-4-23(2)25-18-20-28(21-19-25)32-22-24(3)33-31-29(26-12-7-5-8-13-26)16-11-17-30(31)27-14-9-6-10-15-27/h5-21,23-24H,4,22H2,1-3H3. The summed E-state index contributed by atoms with van der Waals surface area (Å²) < 4.78 is 12.6. The second-order valence-electron chi connectivity index (χ2n) is 8.53. The van der Waals surface area contributed by atoms with E-state index in [9.17, 15) is 0 Å². The van der Waals surface area contributed by atoms with E-state index in [0.29, 0.717) is 12.5 Å². The zero-order chi connectivity index (χ0) is 23.0. The van der Waals surface area contributed by atoms with Crippen molar-refractivity contribution in [3.63, 3.8) is 0 Å². The molecule has 0 aromatic heterocycles. The normalized spacial score (nSPS) is 12.7. The highest BCUT2D eigenvalue weighted by Crippen LogP contribution is 2.39. The van der Waals surface area contributed by atoms with Crippen LogP contribution in [0.5, 0.6) is 11.5 Å². The number of ether oxygens (including phenoxy) is 2. The Hall–Kier alpha value is -3.52. The zero-order valence-electron chi connectivity index (χ0n) is 19.7. The van der Waals surface area contributed by atoms with E-state index in [1.807, 2.05) is 12.1 Å². The van der Waals surface area contributed by atoms with Crippen molar-refractivity contribution in [3.05, 3.63) is 109 Å². The van der Waals surface area contributed by atoms with Crippen LogP contribution < -0.4 is 9.47 Å². The van der Waals surface area contributed by atoms with Crippen LogP contribution >= 0.6 is 0 Å². The van der Waals surface area contributed by atoms with E-state index in [-0.39, 0.29) is 6.10 Å². The summed E-state index contributed by atoms with van der Waals surface area (Å²) >= 11 is 0. The molecule has 168 valence electrons. The van der Waals surface area contributed by atoms with E-state index in [1.54, 1.807) is 0 Å². The molecule has 0 aliphatic rings. The van der Waals surface area contributed by atoms with Crippen LogP contribution in [0.25, 0.3) is 22.3 Å². The first-order chi connectivity index (χ1) is 16.2. The summed E-state index contributed by atoms with van der Waals surface area (Å²) in [7, 11) is 0. The van der Waals surface area contributed by atoms with Gasteiger partial charge in [-0.15, -0.1) is 0 Å². The lowest BCUT2D eigenvalue weighted by atomic mass is 9.97. The highest BCUT2D eigenvalue weighted by molar-refractivity contribution is 5.82. The molecule has 0 saturated carbocycles. The summed E-state index contributed by atoms with van der Waals surface area (Å²) in [6.45, 7) is 7.00. The van der Waals surface area contributed by atoms with Crippen molar-refractivity contribution in [1.82, 2.24) is 0 Å². The molecule has 0 spiro atoms. The van der Waals surface area contributed by atoms with Crippen molar-refractivity contribution >= 4 is 0 Å². The first-order valence-corrected chi connectivity index (χ1v) is 11.8. The van der Waals surface area contributed by atoms with Crippen LogP contribution in [0.3, 0.4) is 0 Å². The van der Waals surface area contributed by atoms with Crippen molar-refractivity contribution in [2.24, 2.45) is 0 Å². The molecule has 0 amide bonds. The van der Waals surface area contributed by atoms with Gasteiger partial charge in [-0.3, -0.25) is 0 Å². The summed E-state index contributed by atoms with van der Waals surface area (Å²) in [4.78, 5) is 0. The Morgan fingerprint density at radius 3 is 1.70 bits per heavy atom. The molecule has 0 aliphatic heterocycles. The third-order valence-electron chi connectivity index (χ3n) is 6.05. The van der Waals surface area contributed by atoms with Crippen molar-refractivity contribution in [2.45, 2.75) is 39.2 Å². The minimum Gasteiger partial charge on any atom is -0.490 e. The highest BCUT2D eigenvalue weighted by Gasteiger charge is 2.16. The van der Waals surface area contributed by atoms with Crippen LogP contribution in [0.1, 0.15) is 38.7 Å². The van der Waals surface area contributed by atoms with E-state index in [4.69, 9.17) is 9.47 Å². The molecule has 4 aromatic carbocycles. The van der Waals surface area contributed by atoms with Gasteiger partial charge in [0, 0.05) is 11.1 Å². The molecule has 2 nitrogen and oxygen atoms in total. The first kappa shape index (κ1) is 22.7. The van der Waals surface area contributed by atoms with Gasteiger partial charge in [0.25, 0.3) is 0 Å². The summed E-state index contributed by atoms with van der Waals surface area (Å²) in [6.07, 6.45) is 1.02. The Morgan fingerprint density at radius 1 is 0.636 bits per heavy atom. The predicted molar refractivity (Wildman–Crippen MR) is 138 cm³/mol. The lowest BCUT2D eigenvalue weighted by Gasteiger charge is -2.21. The van der Waals surface area contributed by atoms with Gasteiger partial charge in [-0.25, -0.2) is 0 Å². The van der Waals surface area contributed by atoms with E-state index in [0.717, 1.165) is 40.2 Å². The largest absolute Gasteiger partial charge is 0.490 e. The number of para-hydroxylation sites is 1. The van der Waals surface area contributed by atoms with Gasteiger partial charge in [-0.1, -0.05) is 105 Å². The molecule has 0 fully saturated rings. The van der Waals surface area contributed by atoms with Crippen molar-refractivity contribution in [1.29, 1.82) is 0 Å². The van der Waals surface area contributed by atoms with Gasteiger partial charge >= 0.3 is 0 Å². The molecular weight excluding hydrogens is 404 g/mol. The lowest BCUT2D eigenvalue weighted by molar-refractivity contribution is 0.144. The molecule has 0 N–H and O–H groups in total. The molecule has 4 rings (SSSR count). The molecule has 2 heteroatoms. The first-order valence-electron chi connectivity index (χ1n) is 11.8. The van der Waals surface area contributed by atoms with Crippen LogP contribution in [0.4, 0.5) is 0 Å². The zero-order valence-corrected chi connectivity index (χ0v) is 19.7. The van der Waals surface area contributed by atoms with Gasteiger partial charge in [-0.2, -0.15) is 0 Å². The van der Waals surface area contributed by atoms with E-state index in [1.165, 1.54) is 5.56 Å². The fourth-order valence-electron chi connectivity index (χ4n) is 3.93. The average molecular weight is 437 g/mol. The topological polar surface area (TPSA) is 18.5 Å². The average Bonchev–Trinajstić information content (AvgIpc) is 2.88. The molecule has 33 heavy (non-hydrogen) atoms. The number of benzene rings is 4. The number of hydrogen-bond donors (Lipinski definition) is 0. The fraction of sp³-hybridized carbons (Fsp3) is 0.226.